The number of nitrogens with one attached hydrogen (secondary N) is 1. The zero-order chi connectivity index (χ0) is 29.1. The lowest BCUT2D eigenvalue weighted by molar-refractivity contribution is -0.384. The van der Waals surface area contributed by atoms with E-state index in [4.69, 9.17) is 0 Å². The molecule has 0 spiro atoms. The van der Waals surface area contributed by atoms with Gasteiger partial charge in [0.15, 0.2) is 11.0 Å². The first-order chi connectivity index (χ1) is 20.6. The standard InChI is InChI=1S/C33H31N5O3S/c39-31(34-30(26-14-6-2-7-15-26)24-25-12-4-1-5-13-25)18-10-11-23-42-33-36-35-32(37(33)28-16-8-3-9-17-28)27-19-21-29(22-20-27)38(40)41/h1-9,12-17,19-22,30H,10-11,18,23-24H2,(H,34,39). The van der Waals surface area contributed by atoms with E-state index >= 15 is 0 Å². The summed E-state index contributed by atoms with van der Waals surface area (Å²) in [5.41, 5.74) is 3.94. The number of amides is 1. The number of para-hydroxylation sites is 1. The summed E-state index contributed by atoms with van der Waals surface area (Å²) in [6.45, 7) is 0. The Balaban J connectivity index is 1.19. The molecule has 0 aliphatic carbocycles. The van der Waals surface area contributed by atoms with Crippen molar-refractivity contribution < 1.29 is 9.72 Å². The van der Waals surface area contributed by atoms with Crippen LogP contribution in [0.25, 0.3) is 17.1 Å². The fraction of sp³-hybridized carbons (Fsp3) is 0.182. The summed E-state index contributed by atoms with van der Waals surface area (Å²) in [7, 11) is 0. The van der Waals surface area contributed by atoms with Crippen LogP contribution in [0.5, 0.6) is 0 Å². The molecule has 1 unspecified atom stereocenters. The number of carbonyl (C=O) groups is 1. The van der Waals surface area contributed by atoms with E-state index in [1.165, 1.54) is 17.7 Å². The first kappa shape index (κ1) is 28.8. The van der Waals surface area contributed by atoms with Gasteiger partial charge in [0.05, 0.1) is 11.0 Å². The number of nitro benzene ring substituents is 1. The molecule has 5 rings (SSSR count). The molecule has 8 nitrogen and oxygen atoms in total. The Hall–Kier alpha value is -4.76. The lowest BCUT2D eigenvalue weighted by Crippen LogP contribution is -2.29. The number of benzene rings is 4. The summed E-state index contributed by atoms with van der Waals surface area (Å²) in [6.07, 6.45) is 2.76. The van der Waals surface area contributed by atoms with Gasteiger partial charge < -0.3 is 5.32 Å². The van der Waals surface area contributed by atoms with Gasteiger partial charge in [0, 0.05) is 35.6 Å². The topological polar surface area (TPSA) is 103 Å². The molecule has 5 aromatic rings. The minimum absolute atomic E-state index is 0.0262. The van der Waals surface area contributed by atoms with Crippen LogP contribution >= 0.6 is 11.8 Å². The van der Waals surface area contributed by atoms with Gasteiger partial charge in [-0.25, -0.2) is 0 Å². The van der Waals surface area contributed by atoms with Crippen molar-refractivity contribution >= 4 is 23.4 Å². The molecule has 0 radical (unpaired) electrons. The fourth-order valence-electron chi connectivity index (χ4n) is 4.70. The molecule has 1 atom stereocenters. The maximum Gasteiger partial charge on any atom is 0.269 e. The largest absolute Gasteiger partial charge is 0.349 e. The second kappa shape index (κ2) is 14.2. The van der Waals surface area contributed by atoms with Crippen molar-refractivity contribution in [1.82, 2.24) is 20.1 Å². The molecule has 1 N–H and O–H groups in total. The minimum atomic E-state index is -0.418. The van der Waals surface area contributed by atoms with Gasteiger partial charge in [-0.15, -0.1) is 10.2 Å². The number of hydrogen-bond acceptors (Lipinski definition) is 6. The van der Waals surface area contributed by atoms with Crippen LogP contribution in [0.4, 0.5) is 5.69 Å². The van der Waals surface area contributed by atoms with Crippen molar-refractivity contribution in [2.45, 2.75) is 36.9 Å². The van der Waals surface area contributed by atoms with Crippen LogP contribution in [0, 0.1) is 10.1 Å². The molecule has 212 valence electrons. The summed E-state index contributed by atoms with van der Waals surface area (Å²) in [5, 5.41) is 23.9. The summed E-state index contributed by atoms with van der Waals surface area (Å²) >= 11 is 1.58. The van der Waals surface area contributed by atoms with E-state index in [-0.39, 0.29) is 17.6 Å². The highest BCUT2D eigenvalue weighted by atomic mass is 32.2. The first-order valence-corrected chi connectivity index (χ1v) is 14.8. The van der Waals surface area contributed by atoms with E-state index in [0.717, 1.165) is 47.0 Å². The fourth-order valence-corrected chi connectivity index (χ4v) is 5.65. The van der Waals surface area contributed by atoms with Crippen LogP contribution in [0.1, 0.15) is 36.4 Å². The first-order valence-electron chi connectivity index (χ1n) is 13.8. The van der Waals surface area contributed by atoms with E-state index in [1.54, 1.807) is 23.9 Å². The number of carbonyl (C=O) groups excluding carboxylic acids is 1. The van der Waals surface area contributed by atoms with Crippen molar-refractivity contribution in [3.8, 4) is 17.1 Å². The molecule has 9 heteroatoms. The van der Waals surface area contributed by atoms with E-state index in [9.17, 15) is 14.9 Å². The molecule has 1 amide bonds. The summed E-state index contributed by atoms with van der Waals surface area (Å²) in [6, 6.07) is 36.3. The lowest BCUT2D eigenvalue weighted by Gasteiger charge is -2.19. The third-order valence-corrected chi connectivity index (χ3v) is 7.85. The lowest BCUT2D eigenvalue weighted by atomic mass is 9.98. The minimum Gasteiger partial charge on any atom is -0.349 e. The Kier molecular flexibility index (Phi) is 9.74. The Morgan fingerprint density at radius 1 is 0.833 bits per heavy atom. The molecule has 1 aromatic heterocycles. The molecule has 0 aliphatic rings. The number of thioether (sulfide) groups is 1. The highest BCUT2D eigenvalue weighted by Gasteiger charge is 2.18. The Labute approximate surface area is 249 Å². The second-order valence-electron chi connectivity index (χ2n) is 9.81. The van der Waals surface area contributed by atoms with E-state index in [1.807, 2.05) is 71.3 Å². The monoisotopic (exact) mass is 577 g/mol. The zero-order valence-electron chi connectivity index (χ0n) is 23.0. The number of unbranched alkanes of at least 4 members (excludes halogenated alkanes) is 1. The SMILES string of the molecule is O=C(CCCCSc1nnc(-c2ccc([N+](=O)[O-])cc2)n1-c1ccccc1)NC(Cc1ccccc1)c1ccccc1. The number of aromatic nitrogens is 3. The van der Waals surface area contributed by atoms with E-state index in [0.29, 0.717) is 12.2 Å². The van der Waals surface area contributed by atoms with Crippen molar-refractivity contribution in [3.63, 3.8) is 0 Å². The van der Waals surface area contributed by atoms with Crippen molar-refractivity contribution in [2.24, 2.45) is 0 Å². The van der Waals surface area contributed by atoms with Crippen molar-refractivity contribution in [3.05, 3.63) is 137 Å². The van der Waals surface area contributed by atoms with Gasteiger partial charge in [0.25, 0.3) is 5.69 Å². The molecule has 42 heavy (non-hydrogen) atoms. The molecule has 0 saturated heterocycles. The molecule has 0 saturated carbocycles. The maximum absolute atomic E-state index is 12.9. The number of rotatable bonds is 13. The van der Waals surface area contributed by atoms with Crippen LogP contribution in [-0.2, 0) is 11.2 Å². The van der Waals surface area contributed by atoms with Crippen LogP contribution in [0.2, 0.25) is 0 Å². The average Bonchev–Trinajstić information content (AvgIpc) is 3.46. The smallest absolute Gasteiger partial charge is 0.269 e. The molecule has 0 fully saturated rings. The number of hydrogen-bond donors (Lipinski definition) is 1. The molecular weight excluding hydrogens is 546 g/mol. The molecule has 0 aliphatic heterocycles. The maximum atomic E-state index is 12.9. The molecule has 4 aromatic carbocycles. The van der Waals surface area contributed by atoms with Gasteiger partial charge in [-0.05, 0) is 54.7 Å². The molecular formula is C33H31N5O3S. The van der Waals surface area contributed by atoms with Gasteiger partial charge in [0.2, 0.25) is 5.91 Å². The van der Waals surface area contributed by atoms with E-state index < -0.39 is 4.92 Å². The summed E-state index contributed by atoms with van der Waals surface area (Å²) in [5.74, 6) is 1.42. The van der Waals surface area contributed by atoms with E-state index in [2.05, 4.69) is 39.8 Å². The Morgan fingerprint density at radius 2 is 1.48 bits per heavy atom. The summed E-state index contributed by atoms with van der Waals surface area (Å²) in [4.78, 5) is 23.6. The van der Waals surface area contributed by atoms with Crippen LogP contribution in [0.15, 0.2) is 120 Å². The second-order valence-corrected chi connectivity index (χ2v) is 10.9. The van der Waals surface area contributed by atoms with Crippen molar-refractivity contribution in [1.29, 1.82) is 0 Å². The van der Waals surface area contributed by atoms with Gasteiger partial charge >= 0.3 is 0 Å². The van der Waals surface area contributed by atoms with Crippen LogP contribution < -0.4 is 5.32 Å². The Morgan fingerprint density at radius 3 is 2.14 bits per heavy atom. The van der Waals surface area contributed by atoms with Crippen LogP contribution in [0.3, 0.4) is 0 Å². The van der Waals surface area contributed by atoms with Gasteiger partial charge in [-0.1, -0.05) is 90.6 Å². The predicted octanol–water partition coefficient (Wildman–Crippen LogP) is 7.21. The third kappa shape index (κ3) is 7.50. The Bertz CT molecular complexity index is 1590. The average molecular weight is 578 g/mol. The van der Waals surface area contributed by atoms with Gasteiger partial charge in [-0.2, -0.15) is 0 Å². The molecule has 1 heterocycles. The van der Waals surface area contributed by atoms with Gasteiger partial charge in [0.1, 0.15) is 0 Å². The van der Waals surface area contributed by atoms with Crippen molar-refractivity contribution in [2.75, 3.05) is 5.75 Å². The van der Waals surface area contributed by atoms with Gasteiger partial charge in [-0.3, -0.25) is 19.5 Å². The summed E-state index contributed by atoms with van der Waals surface area (Å²) < 4.78 is 1.96. The molecule has 0 bridgehead atoms. The number of nitro groups is 1. The highest BCUT2D eigenvalue weighted by Crippen LogP contribution is 2.29. The normalized spacial score (nSPS) is 11.6. The van der Waals surface area contributed by atoms with Crippen LogP contribution in [-0.4, -0.2) is 31.3 Å². The number of non-ortho nitro benzene ring substituents is 1. The number of nitrogens with zero attached hydrogens (tertiary/aromatic N) is 4. The quantitative estimate of drug-likeness (QED) is 0.0687. The predicted molar refractivity (Wildman–Crippen MR) is 165 cm³/mol. The highest BCUT2D eigenvalue weighted by molar-refractivity contribution is 7.99. The zero-order valence-corrected chi connectivity index (χ0v) is 23.8. The third-order valence-electron chi connectivity index (χ3n) is 6.83.